The quantitative estimate of drug-likeness (QED) is 0.647. The maximum atomic E-state index is 13.0. The van der Waals surface area contributed by atoms with Crippen LogP contribution >= 0.6 is 27.5 Å². The smallest absolute Gasteiger partial charge is 0.244 e. The molecule has 1 aromatic rings. The number of piperidine rings is 1. The van der Waals surface area contributed by atoms with Crippen LogP contribution in [0.15, 0.2) is 21.6 Å². The Morgan fingerprint density at radius 3 is 2.81 bits per heavy atom. The summed E-state index contributed by atoms with van der Waals surface area (Å²) in [5.74, 6) is -0.200. The van der Waals surface area contributed by atoms with Crippen molar-refractivity contribution in [2.45, 2.75) is 36.6 Å². The van der Waals surface area contributed by atoms with E-state index < -0.39 is 15.6 Å². The Kier molecular flexibility index (Phi) is 5.55. The molecule has 0 radical (unpaired) electrons. The Labute approximate surface area is 172 Å². The Hall–Kier alpha value is -1.23. The maximum absolute atomic E-state index is 13.0. The van der Waals surface area contributed by atoms with Gasteiger partial charge in [-0.05, 0) is 47.7 Å². The standard InChI is InChI=1S/C16H21BrClN5O3S/c1-16(7-13(24)22(2)15(19)21-16)10-4-3-5-23(9-10)27(25,26)11-6-12(17)14(18)20-8-11/h6,8,10H,3-5,7,9H2,1-2H3,(H2,19,21)/t10?,16-/m0/s1. The van der Waals surface area contributed by atoms with Crippen LogP contribution in [0.25, 0.3) is 0 Å². The number of halogens is 2. The molecular formula is C16H21BrClN5O3S. The molecule has 1 unspecified atom stereocenters. The van der Waals surface area contributed by atoms with Gasteiger partial charge in [0.2, 0.25) is 15.9 Å². The summed E-state index contributed by atoms with van der Waals surface area (Å²) in [6, 6.07) is 1.45. The van der Waals surface area contributed by atoms with Crippen LogP contribution in [0.3, 0.4) is 0 Å². The van der Waals surface area contributed by atoms with Gasteiger partial charge in [-0.25, -0.2) is 13.4 Å². The van der Waals surface area contributed by atoms with Crippen molar-refractivity contribution >= 4 is 49.4 Å². The number of pyridine rings is 1. The number of carbonyl (C=O) groups excluding carboxylic acids is 1. The minimum Gasteiger partial charge on any atom is -0.350 e. The van der Waals surface area contributed by atoms with Crippen LogP contribution in [0.5, 0.6) is 0 Å². The summed E-state index contributed by atoms with van der Waals surface area (Å²) < 4.78 is 27.9. The Morgan fingerprint density at radius 1 is 1.48 bits per heavy atom. The summed E-state index contributed by atoms with van der Waals surface area (Å²) in [6.07, 6.45) is 2.93. The van der Waals surface area contributed by atoms with E-state index >= 15 is 0 Å². The Balaban J connectivity index is 1.84. The molecule has 27 heavy (non-hydrogen) atoms. The van der Waals surface area contributed by atoms with E-state index in [9.17, 15) is 13.2 Å². The lowest BCUT2D eigenvalue weighted by molar-refractivity contribution is -0.130. The molecule has 2 saturated heterocycles. The van der Waals surface area contributed by atoms with Crippen LogP contribution in [0.4, 0.5) is 0 Å². The number of hydrogen-bond acceptors (Lipinski definition) is 5. The number of hydrogen-bond donors (Lipinski definition) is 2. The van der Waals surface area contributed by atoms with Gasteiger partial charge in [0.25, 0.3) is 0 Å². The van der Waals surface area contributed by atoms with Gasteiger partial charge in [0.1, 0.15) is 10.0 Å². The summed E-state index contributed by atoms with van der Waals surface area (Å²) in [6.45, 7) is 2.56. The molecule has 1 amide bonds. The maximum Gasteiger partial charge on any atom is 0.244 e. The van der Waals surface area contributed by atoms with Crippen LogP contribution in [0.1, 0.15) is 26.2 Å². The normalized spacial score (nSPS) is 27.6. The molecule has 0 bridgehead atoms. The summed E-state index contributed by atoms with van der Waals surface area (Å²) in [4.78, 5) is 17.5. The second kappa shape index (κ2) is 7.31. The Bertz CT molecular complexity index is 876. The first-order valence-electron chi connectivity index (χ1n) is 8.49. The van der Waals surface area contributed by atoms with Crippen molar-refractivity contribution in [1.82, 2.24) is 19.5 Å². The van der Waals surface area contributed by atoms with Gasteiger partial charge in [-0.3, -0.25) is 15.1 Å². The van der Waals surface area contributed by atoms with E-state index in [0.717, 1.165) is 6.42 Å². The predicted molar refractivity (Wildman–Crippen MR) is 105 cm³/mol. The van der Waals surface area contributed by atoms with Crippen molar-refractivity contribution in [3.05, 3.63) is 21.9 Å². The molecule has 0 spiro atoms. The highest BCUT2D eigenvalue weighted by Gasteiger charge is 2.45. The predicted octanol–water partition coefficient (Wildman–Crippen LogP) is 2.04. The lowest BCUT2D eigenvalue weighted by Crippen LogP contribution is -2.65. The van der Waals surface area contributed by atoms with E-state index in [4.69, 9.17) is 17.0 Å². The number of aromatic nitrogens is 1. The summed E-state index contributed by atoms with van der Waals surface area (Å²) in [5.41, 5.74) is -0.659. The summed E-state index contributed by atoms with van der Waals surface area (Å²) >= 11 is 9.08. The van der Waals surface area contributed by atoms with Crippen molar-refractivity contribution in [1.29, 1.82) is 5.41 Å². The first-order valence-corrected chi connectivity index (χ1v) is 11.1. The minimum absolute atomic E-state index is 0.0413. The van der Waals surface area contributed by atoms with Crippen LogP contribution in [-0.2, 0) is 14.8 Å². The zero-order valence-corrected chi connectivity index (χ0v) is 18.2. The van der Waals surface area contributed by atoms with Crippen molar-refractivity contribution in [2.24, 2.45) is 5.92 Å². The molecule has 2 aliphatic rings. The monoisotopic (exact) mass is 477 g/mol. The van der Waals surface area contributed by atoms with Gasteiger partial charge in [0, 0.05) is 26.3 Å². The number of rotatable bonds is 3. The second-order valence-electron chi connectivity index (χ2n) is 7.17. The van der Waals surface area contributed by atoms with Gasteiger partial charge in [0.15, 0.2) is 5.96 Å². The van der Waals surface area contributed by atoms with Gasteiger partial charge in [-0.2, -0.15) is 4.31 Å². The molecule has 1 aromatic heterocycles. The van der Waals surface area contributed by atoms with Crippen LogP contribution in [-0.4, -0.2) is 60.1 Å². The fourth-order valence-corrected chi connectivity index (χ4v) is 5.68. The SMILES string of the molecule is CN1C(=N)N[C@](C)(C2CCCN(S(=O)(=O)c3cnc(Cl)c(Br)c3)C2)CC1=O. The molecule has 2 aliphatic heterocycles. The number of carbonyl (C=O) groups is 1. The highest BCUT2D eigenvalue weighted by molar-refractivity contribution is 9.10. The molecule has 3 rings (SSSR count). The molecular weight excluding hydrogens is 458 g/mol. The van der Waals surface area contributed by atoms with Gasteiger partial charge in [-0.15, -0.1) is 0 Å². The molecule has 0 saturated carbocycles. The fourth-order valence-electron chi connectivity index (χ4n) is 3.58. The van der Waals surface area contributed by atoms with E-state index in [0.29, 0.717) is 17.4 Å². The van der Waals surface area contributed by atoms with Gasteiger partial charge in [-0.1, -0.05) is 11.6 Å². The fraction of sp³-hybridized carbons (Fsp3) is 0.562. The zero-order chi connectivity index (χ0) is 20.0. The van der Waals surface area contributed by atoms with Gasteiger partial charge in [0.05, 0.1) is 16.4 Å². The van der Waals surface area contributed by atoms with E-state index in [1.807, 2.05) is 6.92 Å². The number of nitrogens with one attached hydrogen (secondary N) is 2. The summed E-state index contributed by atoms with van der Waals surface area (Å²) in [5, 5.41) is 11.3. The molecule has 3 heterocycles. The lowest BCUT2D eigenvalue weighted by Gasteiger charge is -2.47. The third-order valence-corrected chi connectivity index (χ3v) is 8.29. The number of amides is 1. The van der Waals surface area contributed by atoms with Gasteiger partial charge >= 0.3 is 0 Å². The molecule has 2 atom stereocenters. The molecule has 2 fully saturated rings. The van der Waals surface area contributed by atoms with Crippen molar-refractivity contribution in [3.63, 3.8) is 0 Å². The molecule has 0 aliphatic carbocycles. The zero-order valence-electron chi connectivity index (χ0n) is 15.0. The average molecular weight is 479 g/mol. The largest absolute Gasteiger partial charge is 0.350 e. The first-order chi connectivity index (χ1) is 12.5. The molecule has 0 aromatic carbocycles. The van der Waals surface area contributed by atoms with Gasteiger partial charge < -0.3 is 5.32 Å². The third kappa shape index (κ3) is 3.85. The Morgan fingerprint density at radius 2 is 2.19 bits per heavy atom. The first kappa shape index (κ1) is 20.5. The highest BCUT2D eigenvalue weighted by Crippen LogP contribution is 2.35. The van der Waals surface area contributed by atoms with E-state index in [1.165, 1.54) is 21.5 Å². The molecule has 11 heteroatoms. The topological polar surface area (TPSA) is 106 Å². The molecule has 8 nitrogen and oxygen atoms in total. The average Bonchev–Trinajstić information content (AvgIpc) is 2.62. The number of guanidine groups is 1. The van der Waals surface area contributed by atoms with E-state index in [2.05, 4.69) is 26.2 Å². The minimum atomic E-state index is -3.73. The molecule has 148 valence electrons. The van der Waals surface area contributed by atoms with Crippen LogP contribution in [0.2, 0.25) is 5.15 Å². The second-order valence-corrected chi connectivity index (χ2v) is 10.3. The van der Waals surface area contributed by atoms with Crippen LogP contribution in [0, 0.1) is 11.3 Å². The number of nitrogens with zero attached hydrogens (tertiary/aromatic N) is 3. The van der Waals surface area contributed by atoms with Crippen molar-refractivity contribution in [3.8, 4) is 0 Å². The summed E-state index contributed by atoms with van der Waals surface area (Å²) in [7, 11) is -2.18. The molecule has 2 N–H and O–H groups in total. The van der Waals surface area contributed by atoms with E-state index in [-0.39, 0.29) is 40.8 Å². The lowest BCUT2D eigenvalue weighted by atomic mass is 9.77. The third-order valence-electron chi connectivity index (χ3n) is 5.33. The van der Waals surface area contributed by atoms with E-state index in [1.54, 1.807) is 7.05 Å². The van der Waals surface area contributed by atoms with Crippen molar-refractivity contribution in [2.75, 3.05) is 20.1 Å². The van der Waals surface area contributed by atoms with Crippen molar-refractivity contribution < 1.29 is 13.2 Å². The number of sulfonamides is 1. The van der Waals surface area contributed by atoms with Crippen LogP contribution < -0.4 is 5.32 Å². The highest BCUT2D eigenvalue weighted by atomic mass is 79.9.